The highest BCUT2D eigenvalue weighted by Gasteiger charge is 2.06. The van der Waals surface area contributed by atoms with E-state index in [1.54, 1.807) is 11.3 Å². The van der Waals surface area contributed by atoms with Crippen molar-refractivity contribution in [3.63, 3.8) is 0 Å². The number of nitrogens with two attached hydrogens (primary N) is 1. The summed E-state index contributed by atoms with van der Waals surface area (Å²) in [4.78, 5) is 4.67. The molecule has 0 spiro atoms. The lowest BCUT2D eigenvalue weighted by Crippen LogP contribution is -1.87. The summed E-state index contributed by atoms with van der Waals surface area (Å²) in [6, 6.07) is 23.5. The van der Waals surface area contributed by atoms with Crippen molar-refractivity contribution in [1.82, 2.24) is 4.98 Å². The lowest BCUT2D eigenvalue weighted by molar-refractivity contribution is 0.483. The first-order valence-corrected chi connectivity index (χ1v) is 8.09. The van der Waals surface area contributed by atoms with Gasteiger partial charge in [0.05, 0.1) is 10.2 Å². The van der Waals surface area contributed by atoms with Gasteiger partial charge < -0.3 is 10.5 Å². The summed E-state index contributed by atoms with van der Waals surface area (Å²) in [6.45, 7) is 0. The molecule has 0 saturated heterocycles. The van der Waals surface area contributed by atoms with E-state index in [9.17, 15) is 0 Å². The Morgan fingerprint density at radius 1 is 0.826 bits per heavy atom. The Morgan fingerprint density at radius 2 is 1.65 bits per heavy atom. The minimum Gasteiger partial charge on any atom is -0.457 e. The Kier molecular flexibility index (Phi) is 3.44. The van der Waals surface area contributed by atoms with Crippen LogP contribution in [0.2, 0.25) is 0 Å². The minimum absolute atomic E-state index is 0.689. The van der Waals surface area contributed by atoms with Crippen LogP contribution in [-0.4, -0.2) is 4.98 Å². The number of benzene rings is 3. The number of fused-ring (bicyclic) bond motifs is 1. The number of rotatable bonds is 3. The Hall–Kier alpha value is -2.85. The van der Waals surface area contributed by atoms with E-state index >= 15 is 0 Å². The first-order valence-electron chi connectivity index (χ1n) is 7.27. The van der Waals surface area contributed by atoms with Crippen molar-refractivity contribution in [2.24, 2.45) is 0 Å². The van der Waals surface area contributed by atoms with Crippen molar-refractivity contribution < 1.29 is 4.74 Å². The second-order valence-corrected chi connectivity index (χ2v) is 6.22. The number of hydrogen-bond donors (Lipinski definition) is 1. The lowest BCUT2D eigenvalue weighted by Gasteiger charge is -2.06. The molecule has 3 aromatic carbocycles. The number of anilines is 1. The number of para-hydroxylation sites is 1. The molecule has 0 aliphatic carbocycles. The molecule has 0 bridgehead atoms. The average molecular weight is 318 g/mol. The van der Waals surface area contributed by atoms with Gasteiger partial charge in [0.25, 0.3) is 0 Å². The van der Waals surface area contributed by atoms with Crippen molar-refractivity contribution in [1.29, 1.82) is 0 Å². The van der Waals surface area contributed by atoms with E-state index in [-0.39, 0.29) is 0 Å². The SMILES string of the molecule is Nc1cccc(Oc2ccc(-c3nc4ccccc4s3)cc2)c1. The van der Waals surface area contributed by atoms with E-state index in [1.165, 1.54) is 4.70 Å². The smallest absolute Gasteiger partial charge is 0.129 e. The van der Waals surface area contributed by atoms with E-state index in [4.69, 9.17) is 10.5 Å². The molecule has 0 unspecified atom stereocenters. The monoisotopic (exact) mass is 318 g/mol. The highest BCUT2D eigenvalue weighted by molar-refractivity contribution is 7.21. The third-order valence-corrected chi connectivity index (χ3v) is 4.57. The summed E-state index contributed by atoms with van der Waals surface area (Å²) in [7, 11) is 0. The zero-order valence-corrected chi connectivity index (χ0v) is 13.1. The maximum atomic E-state index is 5.81. The maximum absolute atomic E-state index is 5.81. The van der Waals surface area contributed by atoms with Crippen LogP contribution in [0.1, 0.15) is 0 Å². The maximum Gasteiger partial charge on any atom is 0.129 e. The van der Waals surface area contributed by atoms with Crippen LogP contribution in [0.4, 0.5) is 5.69 Å². The molecule has 0 aliphatic rings. The summed E-state index contributed by atoms with van der Waals surface area (Å²) in [5.41, 5.74) is 8.57. The molecule has 1 heterocycles. The van der Waals surface area contributed by atoms with Gasteiger partial charge in [0, 0.05) is 17.3 Å². The summed E-state index contributed by atoms with van der Waals surface area (Å²) in [6.07, 6.45) is 0. The largest absolute Gasteiger partial charge is 0.457 e. The average Bonchev–Trinajstić information content (AvgIpc) is 2.99. The van der Waals surface area contributed by atoms with Gasteiger partial charge in [-0.2, -0.15) is 0 Å². The highest BCUT2D eigenvalue weighted by atomic mass is 32.1. The van der Waals surface area contributed by atoms with E-state index in [0.29, 0.717) is 5.69 Å². The van der Waals surface area contributed by atoms with E-state index in [2.05, 4.69) is 11.1 Å². The van der Waals surface area contributed by atoms with E-state index < -0.39 is 0 Å². The molecular weight excluding hydrogens is 304 g/mol. The molecule has 112 valence electrons. The molecule has 4 rings (SSSR count). The quantitative estimate of drug-likeness (QED) is 0.519. The van der Waals surface area contributed by atoms with E-state index in [0.717, 1.165) is 27.6 Å². The molecule has 4 aromatic rings. The molecule has 2 N–H and O–H groups in total. The van der Waals surface area contributed by atoms with Gasteiger partial charge in [-0.15, -0.1) is 11.3 Å². The van der Waals surface area contributed by atoms with Gasteiger partial charge in [-0.05, 0) is 48.5 Å². The molecule has 3 nitrogen and oxygen atoms in total. The van der Waals surface area contributed by atoms with Crippen LogP contribution >= 0.6 is 11.3 Å². The van der Waals surface area contributed by atoms with Crippen LogP contribution in [-0.2, 0) is 0 Å². The van der Waals surface area contributed by atoms with Crippen molar-refractivity contribution in [2.45, 2.75) is 0 Å². The number of nitrogen functional groups attached to an aromatic ring is 1. The summed E-state index contributed by atoms with van der Waals surface area (Å²) in [5.74, 6) is 1.51. The van der Waals surface area contributed by atoms with Crippen molar-refractivity contribution in [3.05, 3.63) is 72.8 Å². The zero-order valence-electron chi connectivity index (χ0n) is 12.3. The number of aromatic nitrogens is 1. The van der Waals surface area contributed by atoms with Crippen molar-refractivity contribution >= 4 is 27.2 Å². The molecular formula is C19H14N2OS. The van der Waals surface area contributed by atoms with Gasteiger partial charge in [-0.25, -0.2) is 4.98 Å². The Morgan fingerprint density at radius 3 is 2.43 bits per heavy atom. The lowest BCUT2D eigenvalue weighted by atomic mass is 10.2. The number of thiazole rings is 1. The molecule has 1 aromatic heterocycles. The van der Waals surface area contributed by atoms with Crippen LogP contribution in [0.5, 0.6) is 11.5 Å². The Balaban J connectivity index is 1.60. The van der Waals surface area contributed by atoms with Gasteiger partial charge in [0.2, 0.25) is 0 Å². The fourth-order valence-corrected chi connectivity index (χ4v) is 3.35. The zero-order chi connectivity index (χ0) is 15.6. The standard InChI is InChI=1S/C19H14N2OS/c20-14-4-3-5-16(12-14)22-15-10-8-13(9-11-15)19-21-17-6-1-2-7-18(17)23-19/h1-12H,20H2. The highest BCUT2D eigenvalue weighted by Crippen LogP contribution is 2.31. The topological polar surface area (TPSA) is 48.1 Å². The van der Waals surface area contributed by atoms with Crippen LogP contribution in [0.15, 0.2) is 72.8 Å². The number of ether oxygens (including phenoxy) is 1. The summed E-state index contributed by atoms with van der Waals surface area (Å²) in [5, 5.41) is 1.02. The van der Waals surface area contributed by atoms with Gasteiger partial charge >= 0.3 is 0 Å². The van der Waals surface area contributed by atoms with Gasteiger partial charge in [-0.1, -0.05) is 18.2 Å². The second kappa shape index (κ2) is 5.74. The molecule has 0 radical (unpaired) electrons. The molecule has 23 heavy (non-hydrogen) atoms. The van der Waals surface area contributed by atoms with Crippen LogP contribution in [0.25, 0.3) is 20.8 Å². The second-order valence-electron chi connectivity index (χ2n) is 5.19. The summed E-state index contributed by atoms with van der Waals surface area (Å²) < 4.78 is 7.01. The van der Waals surface area contributed by atoms with Crippen LogP contribution < -0.4 is 10.5 Å². The molecule has 0 saturated carbocycles. The fraction of sp³-hybridized carbons (Fsp3) is 0. The fourth-order valence-electron chi connectivity index (χ4n) is 2.38. The van der Waals surface area contributed by atoms with Gasteiger partial charge in [-0.3, -0.25) is 0 Å². The van der Waals surface area contributed by atoms with Gasteiger partial charge in [0.15, 0.2) is 0 Å². The number of hydrogen-bond acceptors (Lipinski definition) is 4. The third kappa shape index (κ3) is 2.89. The van der Waals surface area contributed by atoms with Crippen LogP contribution in [0, 0.1) is 0 Å². The predicted octanol–water partition coefficient (Wildman–Crippen LogP) is 5.34. The predicted molar refractivity (Wildman–Crippen MR) is 96.0 cm³/mol. The molecule has 0 atom stereocenters. The first kappa shape index (κ1) is 13.8. The summed E-state index contributed by atoms with van der Waals surface area (Å²) >= 11 is 1.69. The first-order chi connectivity index (χ1) is 11.3. The Labute approximate surface area is 138 Å². The normalized spacial score (nSPS) is 10.8. The molecule has 0 amide bonds. The minimum atomic E-state index is 0.689. The van der Waals surface area contributed by atoms with Crippen molar-refractivity contribution in [3.8, 4) is 22.1 Å². The van der Waals surface area contributed by atoms with Crippen LogP contribution in [0.3, 0.4) is 0 Å². The van der Waals surface area contributed by atoms with Crippen molar-refractivity contribution in [2.75, 3.05) is 5.73 Å². The van der Waals surface area contributed by atoms with E-state index in [1.807, 2.05) is 66.7 Å². The third-order valence-electron chi connectivity index (χ3n) is 3.49. The number of nitrogens with zero attached hydrogens (tertiary/aromatic N) is 1. The molecule has 0 aliphatic heterocycles. The Bertz CT molecular complexity index is 927. The van der Waals surface area contributed by atoms with Gasteiger partial charge in [0.1, 0.15) is 16.5 Å². The molecule has 0 fully saturated rings. The molecule has 4 heteroatoms.